The summed E-state index contributed by atoms with van der Waals surface area (Å²) in [5, 5.41) is 9.74. The molecule has 0 spiro atoms. The lowest BCUT2D eigenvalue weighted by Crippen LogP contribution is -1.99. The summed E-state index contributed by atoms with van der Waals surface area (Å²) in [6.45, 7) is 2.06. The van der Waals surface area contributed by atoms with E-state index in [2.05, 4.69) is 6.92 Å². The zero-order valence-electron chi connectivity index (χ0n) is 9.98. The molecule has 0 aliphatic heterocycles. The van der Waals surface area contributed by atoms with Gasteiger partial charge in [-0.15, -0.1) is 0 Å². The van der Waals surface area contributed by atoms with Crippen LogP contribution in [0.2, 0.25) is 5.02 Å². The second kappa shape index (κ2) is 5.23. The number of hydrogen-bond donors (Lipinski definition) is 1. The molecule has 1 N–H and O–H groups in total. The molecular weight excluding hydrogens is 248 g/mol. The highest BCUT2D eigenvalue weighted by Crippen LogP contribution is 2.28. The second-order valence-electron chi connectivity index (χ2n) is 4.05. The molecule has 0 heterocycles. The number of carboxylic acids is 1. The summed E-state index contributed by atoms with van der Waals surface area (Å²) >= 11 is 5.95. The number of hydrogen-bond acceptors (Lipinski definition) is 1. The van der Waals surface area contributed by atoms with Crippen molar-refractivity contribution in [2.45, 2.75) is 13.3 Å². The zero-order valence-corrected chi connectivity index (χ0v) is 10.7. The number of aromatic carboxylic acids is 1. The fourth-order valence-corrected chi connectivity index (χ4v) is 2.07. The quantitative estimate of drug-likeness (QED) is 0.895. The van der Waals surface area contributed by atoms with Crippen molar-refractivity contribution in [2.75, 3.05) is 0 Å². The summed E-state index contributed by atoms with van der Waals surface area (Å²) < 4.78 is 0. The van der Waals surface area contributed by atoms with Gasteiger partial charge in [0.25, 0.3) is 0 Å². The van der Waals surface area contributed by atoms with Gasteiger partial charge in [0.05, 0.1) is 5.56 Å². The lowest BCUT2D eigenvalue weighted by molar-refractivity contribution is 0.0698. The van der Waals surface area contributed by atoms with Crippen LogP contribution in [0.15, 0.2) is 42.5 Å². The Morgan fingerprint density at radius 1 is 1.22 bits per heavy atom. The number of benzene rings is 2. The number of rotatable bonds is 3. The van der Waals surface area contributed by atoms with E-state index in [4.69, 9.17) is 11.6 Å². The molecule has 0 radical (unpaired) electrons. The Kier molecular flexibility index (Phi) is 3.68. The van der Waals surface area contributed by atoms with Crippen molar-refractivity contribution in [3.8, 4) is 11.1 Å². The van der Waals surface area contributed by atoms with E-state index in [-0.39, 0.29) is 5.56 Å². The van der Waals surface area contributed by atoms with Gasteiger partial charge < -0.3 is 5.11 Å². The Morgan fingerprint density at radius 2 is 2.00 bits per heavy atom. The standard InChI is InChI=1S/C15H13ClO2/c1-2-10-4-3-5-11(8-10)14-9-12(16)6-7-13(14)15(17)18/h3-9H,2H2,1H3,(H,17,18). The third-order valence-corrected chi connectivity index (χ3v) is 3.09. The summed E-state index contributed by atoms with van der Waals surface area (Å²) in [7, 11) is 0. The molecule has 0 unspecified atom stereocenters. The van der Waals surface area contributed by atoms with E-state index < -0.39 is 5.97 Å². The predicted molar refractivity (Wildman–Crippen MR) is 73.2 cm³/mol. The molecule has 0 saturated carbocycles. The summed E-state index contributed by atoms with van der Waals surface area (Å²) in [5.74, 6) is -0.941. The molecule has 0 aromatic heterocycles. The van der Waals surface area contributed by atoms with Crippen molar-refractivity contribution in [3.05, 3.63) is 58.6 Å². The Morgan fingerprint density at radius 3 is 2.67 bits per heavy atom. The smallest absolute Gasteiger partial charge is 0.336 e. The van der Waals surface area contributed by atoms with E-state index in [1.54, 1.807) is 18.2 Å². The highest BCUT2D eigenvalue weighted by atomic mass is 35.5. The van der Waals surface area contributed by atoms with Gasteiger partial charge in [0.2, 0.25) is 0 Å². The summed E-state index contributed by atoms with van der Waals surface area (Å²) in [6, 6.07) is 12.7. The fraction of sp³-hybridized carbons (Fsp3) is 0.133. The average Bonchev–Trinajstić information content (AvgIpc) is 2.38. The molecule has 92 valence electrons. The Bertz CT molecular complexity index is 591. The van der Waals surface area contributed by atoms with E-state index in [9.17, 15) is 9.90 Å². The van der Waals surface area contributed by atoms with Gasteiger partial charge in [-0.05, 0) is 41.3 Å². The van der Waals surface area contributed by atoms with Gasteiger partial charge in [-0.3, -0.25) is 0 Å². The second-order valence-corrected chi connectivity index (χ2v) is 4.49. The van der Waals surface area contributed by atoms with Gasteiger partial charge in [-0.1, -0.05) is 42.8 Å². The lowest BCUT2D eigenvalue weighted by Gasteiger charge is -2.08. The summed E-state index contributed by atoms with van der Waals surface area (Å²) in [4.78, 5) is 11.2. The SMILES string of the molecule is CCc1cccc(-c2cc(Cl)ccc2C(=O)O)c1. The maximum absolute atomic E-state index is 11.2. The lowest BCUT2D eigenvalue weighted by atomic mass is 9.97. The van der Waals surface area contributed by atoms with Crippen LogP contribution < -0.4 is 0 Å². The van der Waals surface area contributed by atoms with E-state index in [0.717, 1.165) is 12.0 Å². The number of carboxylic acid groups (broad SMARTS) is 1. The Hall–Kier alpha value is -1.80. The van der Waals surface area contributed by atoms with Crippen LogP contribution in [0.1, 0.15) is 22.8 Å². The minimum Gasteiger partial charge on any atom is -0.478 e. The van der Waals surface area contributed by atoms with Gasteiger partial charge >= 0.3 is 5.97 Å². The maximum Gasteiger partial charge on any atom is 0.336 e. The van der Waals surface area contributed by atoms with Crippen LogP contribution in [0, 0.1) is 0 Å². The zero-order chi connectivity index (χ0) is 13.1. The molecule has 2 nitrogen and oxygen atoms in total. The van der Waals surface area contributed by atoms with Crippen molar-refractivity contribution >= 4 is 17.6 Å². The molecule has 0 amide bonds. The monoisotopic (exact) mass is 260 g/mol. The van der Waals surface area contributed by atoms with E-state index in [0.29, 0.717) is 10.6 Å². The molecule has 2 rings (SSSR count). The van der Waals surface area contributed by atoms with Gasteiger partial charge in [0.15, 0.2) is 0 Å². The van der Waals surface area contributed by atoms with Crippen molar-refractivity contribution in [2.24, 2.45) is 0 Å². The third kappa shape index (κ3) is 2.54. The first-order valence-corrected chi connectivity index (χ1v) is 6.11. The first kappa shape index (κ1) is 12.7. The topological polar surface area (TPSA) is 37.3 Å². The first-order chi connectivity index (χ1) is 8.61. The largest absolute Gasteiger partial charge is 0.478 e. The van der Waals surface area contributed by atoms with Crippen LogP contribution in [0.3, 0.4) is 0 Å². The van der Waals surface area contributed by atoms with Gasteiger partial charge in [0.1, 0.15) is 0 Å². The molecular formula is C15H13ClO2. The van der Waals surface area contributed by atoms with Crippen LogP contribution in [-0.4, -0.2) is 11.1 Å². The van der Waals surface area contributed by atoms with Gasteiger partial charge in [-0.2, -0.15) is 0 Å². The van der Waals surface area contributed by atoms with Gasteiger partial charge in [-0.25, -0.2) is 4.79 Å². The molecule has 2 aromatic carbocycles. The predicted octanol–water partition coefficient (Wildman–Crippen LogP) is 4.27. The van der Waals surface area contributed by atoms with E-state index in [1.807, 2.05) is 24.3 Å². The normalized spacial score (nSPS) is 10.3. The Labute approximate surface area is 111 Å². The summed E-state index contributed by atoms with van der Waals surface area (Å²) in [5.41, 5.74) is 2.98. The molecule has 18 heavy (non-hydrogen) atoms. The van der Waals surface area contributed by atoms with Crippen molar-refractivity contribution in [3.63, 3.8) is 0 Å². The minimum atomic E-state index is -0.941. The molecule has 0 aliphatic carbocycles. The molecule has 0 bridgehead atoms. The highest BCUT2D eigenvalue weighted by Gasteiger charge is 2.12. The fourth-order valence-electron chi connectivity index (χ4n) is 1.90. The van der Waals surface area contributed by atoms with E-state index in [1.165, 1.54) is 5.56 Å². The van der Waals surface area contributed by atoms with E-state index >= 15 is 0 Å². The minimum absolute atomic E-state index is 0.271. The van der Waals surface area contributed by atoms with Gasteiger partial charge in [0, 0.05) is 5.02 Å². The molecule has 0 aliphatic rings. The van der Waals surface area contributed by atoms with Crippen LogP contribution in [0.5, 0.6) is 0 Å². The van der Waals surface area contributed by atoms with Crippen molar-refractivity contribution in [1.82, 2.24) is 0 Å². The number of aryl methyl sites for hydroxylation is 1. The number of halogens is 1. The molecule has 3 heteroatoms. The third-order valence-electron chi connectivity index (χ3n) is 2.86. The van der Waals surface area contributed by atoms with Crippen LogP contribution in [-0.2, 0) is 6.42 Å². The Balaban J connectivity index is 2.61. The average molecular weight is 261 g/mol. The van der Waals surface area contributed by atoms with Crippen molar-refractivity contribution < 1.29 is 9.90 Å². The van der Waals surface area contributed by atoms with Crippen molar-refractivity contribution in [1.29, 1.82) is 0 Å². The molecule has 2 aromatic rings. The molecule has 0 atom stereocenters. The van der Waals surface area contributed by atoms with Crippen LogP contribution in [0.4, 0.5) is 0 Å². The van der Waals surface area contributed by atoms with Crippen LogP contribution >= 0.6 is 11.6 Å². The summed E-state index contributed by atoms with van der Waals surface area (Å²) in [6.07, 6.45) is 0.914. The number of carbonyl (C=O) groups is 1. The molecule has 0 fully saturated rings. The maximum atomic E-state index is 11.2. The van der Waals surface area contributed by atoms with Crippen LogP contribution in [0.25, 0.3) is 11.1 Å². The highest BCUT2D eigenvalue weighted by molar-refractivity contribution is 6.31. The first-order valence-electron chi connectivity index (χ1n) is 5.74. The molecule has 0 saturated heterocycles.